The van der Waals surface area contributed by atoms with E-state index in [1.807, 2.05) is 0 Å². The van der Waals surface area contributed by atoms with Crippen molar-refractivity contribution < 1.29 is 0 Å². The van der Waals surface area contributed by atoms with E-state index in [4.69, 9.17) is 0 Å². The van der Waals surface area contributed by atoms with Crippen LogP contribution in [-0.4, -0.2) is 4.57 Å². The van der Waals surface area contributed by atoms with Crippen molar-refractivity contribution in [1.29, 1.82) is 0 Å². The fourth-order valence-electron chi connectivity index (χ4n) is 9.22. The number of anilines is 8. The SMILES string of the molecule is c1ccc(-c2cc3cc4c(cc3n2-c2ccc(N(c3ccccc3)c3ccccc3)cc2)CC(c2ccccc2)N4c2ccc(N(c3ccccc3)c3ccccc3)cc2)cc1. The molecule has 4 heteroatoms. The highest BCUT2D eigenvalue weighted by Crippen LogP contribution is 2.49. The Hall–Kier alpha value is -8.08. The van der Waals surface area contributed by atoms with Crippen LogP contribution in [0.25, 0.3) is 27.8 Å². The van der Waals surface area contributed by atoms with E-state index in [9.17, 15) is 0 Å². The van der Waals surface area contributed by atoms with Crippen LogP contribution in [0.5, 0.6) is 0 Å². The molecule has 296 valence electrons. The topological polar surface area (TPSA) is 14.7 Å². The quantitative estimate of drug-likeness (QED) is 0.137. The third-order valence-electron chi connectivity index (χ3n) is 12.1. The minimum atomic E-state index is 0.145. The molecule has 0 spiro atoms. The predicted molar refractivity (Wildman–Crippen MR) is 260 cm³/mol. The second-order valence-electron chi connectivity index (χ2n) is 15.8. The highest BCUT2D eigenvalue weighted by Gasteiger charge is 2.33. The van der Waals surface area contributed by atoms with Gasteiger partial charge in [0.05, 0.1) is 17.3 Å². The number of para-hydroxylation sites is 4. The Balaban J connectivity index is 1.02. The van der Waals surface area contributed by atoms with E-state index in [0.29, 0.717) is 0 Å². The summed E-state index contributed by atoms with van der Waals surface area (Å²) in [5, 5.41) is 1.21. The zero-order valence-corrected chi connectivity index (χ0v) is 34.2. The molecule has 1 aliphatic rings. The van der Waals surface area contributed by atoms with Crippen molar-refractivity contribution in [2.75, 3.05) is 14.7 Å². The van der Waals surface area contributed by atoms with Gasteiger partial charge in [-0.25, -0.2) is 0 Å². The first kappa shape index (κ1) is 37.0. The summed E-state index contributed by atoms with van der Waals surface area (Å²) >= 11 is 0. The van der Waals surface area contributed by atoms with E-state index in [-0.39, 0.29) is 6.04 Å². The van der Waals surface area contributed by atoms with E-state index in [1.165, 1.54) is 39.0 Å². The predicted octanol–water partition coefficient (Wildman–Crippen LogP) is 15.7. The van der Waals surface area contributed by atoms with Crippen molar-refractivity contribution in [3.63, 3.8) is 0 Å². The molecule has 2 heterocycles. The molecule has 0 bridgehead atoms. The molecular weight excluding hydrogens is 753 g/mol. The van der Waals surface area contributed by atoms with Crippen LogP contribution in [0.2, 0.25) is 0 Å². The van der Waals surface area contributed by atoms with Gasteiger partial charge in [-0.3, -0.25) is 0 Å². The molecule has 0 N–H and O–H groups in total. The second-order valence-corrected chi connectivity index (χ2v) is 15.8. The van der Waals surface area contributed by atoms with Crippen molar-refractivity contribution in [3.8, 4) is 16.9 Å². The van der Waals surface area contributed by atoms with Gasteiger partial charge in [0.1, 0.15) is 0 Å². The average Bonchev–Trinajstić information content (AvgIpc) is 3.91. The maximum atomic E-state index is 2.55. The lowest BCUT2D eigenvalue weighted by Crippen LogP contribution is -2.19. The van der Waals surface area contributed by atoms with Crippen LogP contribution in [0.15, 0.2) is 249 Å². The molecule has 0 aliphatic carbocycles. The summed E-state index contributed by atoms with van der Waals surface area (Å²) in [4.78, 5) is 7.19. The van der Waals surface area contributed by atoms with Gasteiger partial charge in [0.25, 0.3) is 0 Å². The van der Waals surface area contributed by atoms with Gasteiger partial charge >= 0.3 is 0 Å². The summed E-state index contributed by atoms with van der Waals surface area (Å²) < 4.78 is 2.45. The van der Waals surface area contributed by atoms with Gasteiger partial charge in [-0.2, -0.15) is 0 Å². The highest BCUT2D eigenvalue weighted by atomic mass is 15.2. The number of benzene rings is 9. The molecule has 0 fully saturated rings. The van der Waals surface area contributed by atoms with Crippen molar-refractivity contribution in [2.24, 2.45) is 0 Å². The first-order valence-corrected chi connectivity index (χ1v) is 21.4. The summed E-state index contributed by atoms with van der Waals surface area (Å²) in [6, 6.07) is 89.7. The summed E-state index contributed by atoms with van der Waals surface area (Å²) in [5.41, 5.74) is 16.4. The number of aromatic nitrogens is 1. The molecule has 1 unspecified atom stereocenters. The standard InChI is InChI=1S/C58H44N4/c1-7-19-43(20-8-1)55-39-45-41-58-46(42-57(45)61(55)53-35-31-51(32-36-53)59(47-23-11-3-12-24-47)48-25-13-4-14-26-48)40-56(44-21-9-2-10-22-44)62(58)54-37-33-52(34-38-54)60(49-27-15-5-16-28-49)50-29-17-6-18-30-50/h1-39,41-42,56H,40H2. The molecule has 10 aromatic rings. The molecule has 0 amide bonds. The lowest BCUT2D eigenvalue weighted by molar-refractivity contribution is 0.743. The Morgan fingerprint density at radius 2 is 0.774 bits per heavy atom. The van der Waals surface area contributed by atoms with Gasteiger partial charge in [-0.15, -0.1) is 0 Å². The van der Waals surface area contributed by atoms with Gasteiger partial charge in [0.2, 0.25) is 0 Å². The molecule has 11 rings (SSSR count). The van der Waals surface area contributed by atoms with Crippen LogP contribution >= 0.6 is 0 Å². The molecule has 0 saturated heterocycles. The molecule has 0 saturated carbocycles. The summed E-state index contributed by atoms with van der Waals surface area (Å²) in [5.74, 6) is 0. The Morgan fingerprint density at radius 3 is 1.24 bits per heavy atom. The second kappa shape index (κ2) is 16.2. The maximum absolute atomic E-state index is 2.55. The minimum absolute atomic E-state index is 0.145. The van der Waals surface area contributed by atoms with Crippen molar-refractivity contribution in [2.45, 2.75) is 12.5 Å². The van der Waals surface area contributed by atoms with Crippen LogP contribution in [0, 0.1) is 0 Å². The van der Waals surface area contributed by atoms with E-state index in [1.54, 1.807) is 0 Å². The van der Waals surface area contributed by atoms with E-state index in [0.717, 1.165) is 51.9 Å². The van der Waals surface area contributed by atoms with Crippen molar-refractivity contribution >= 4 is 56.4 Å². The van der Waals surface area contributed by atoms with Crippen molar-refractivity contribution in [1.82, 2.24) is 4.57 Å². The molecule has 9 aromatic carbocycles. The first-order chi connectivity index (χ1) is 30.8. The minimum Gasteiger partial charge on any atom is -0.333 e. The molecule has 4 nitrogen and oxygen atoms in total. The smallest absolute Gasteiger partial charge is 0.0632 e. The lowest BCUT2D eigenvalue weighted by Gasteiger charge is -2.30. The van der Waals surface area contributed by atoms with Gasteiger partial charge in [-0.1, -0.05) is 133 Å². The maximum Gasteiger partial charge on any atom is 0.0632 e. The van der Waals surface area contributed by atoms with Gasteiger partial charge < -0.3 is 19.3 Å². The largest absolute Gasteiger partial charge is 0.333 e. The third kappa shape index (κ3) is 6.88. The monoisotopic (exact) mass is 796 g/mol. The van der Waals surface area contributed by atoms with Crippen LogP contribution < -0.4 is 14.7 Å². The van der Waals surface area contributed by atoms with E-state index < -0.39 is 0 Å². The average molecular weight is 797 g/mol. The van der Waals surface area contributed by atoms with Crippen LogP contribution in [-0.2, 0) is 6.42 Å². The molecule has 62 heavy (non-hydrogen) atoms. The molecule has 0 radical (unpaired) electrons. The zero-order valence-electron chi connectivity index (χ0n) is 34.2. The Kier molecular flexibility index (Phi) is 9.64. The Labute approximate surface area is 363 Å². The normalized spacial score (nSPS) is 13.2. The third-order valence-corrected chi connectivity index (χ3v) is 12.1. The molecule has 1 aromatic heterocycles. The Bertz CT molecular complexity index is 2980. The van der Waals surface area contributed by atoms with Crippen LogP contribution in [0.3, 0.4) is 0 Å². The molecule has 1 aliphatic heterocycles. The van der Waals surface area contributed by atoms with E-state index >= 15 is 0 Å². The molecular formula is C58H44N4. The number of hydrogen-bond donors (Lipinski definition) is 0. The summed E-state index contributed by atoms with van der Waals surface area (Å²) in [6.45, 7) is 0. The first-order valence-electron chi connectivity index (χ1n) is 21.4. The van der Waals surface area contributed by atoms with E-state index in [2.05, 4.69) is 268 Å². The van der Waals surface area contributed by atoms with Crippen LogP contribution in [0.1, 0.15) is 17.2 Å². The summed E-state index contributed by atoms with van der Waals surface area (Å²) in [6.07, 6.45) is 0.894. The fourth-order valence-corrected chi connectivity index (χ4v) is 9.22. The van der Waals surface area contributed by atoms with Gasteiger partial charge in [0.15, 0.2) is 0 Å². The Morgan fingerprint density at radius 1 is 0.371 bits per heavy atom. The lowest BCUT2D eigenvalue weighted by atomic mass is 10.0. The number of nitrogens with zero attached hydrogens (tertiary/aromatic N) is 4. The van der Waals surface area contributed by atoms with Gasteiger partial charge in [0, 0.05) is 56.6 Å². The molecule has 1 atom stereocenters. The fraction of sp³-hybridized carbons (Fsp3) is 0.0345. The van der Waals surface area contributed by atoms with Crippen molar-refractivity contribution in [3.05, 3.63) is 260 Å². The van der Waals surface area contributed by atoms with Crippen LogP contribution in [0.4, 0.5) is 45.5 Å². The van der Waals surface area contributed by atoms with Gasteiger partial charge in [-0.05, 0) is 138 Å². The highest BCUT2D eigenvalue weighted by molar-refractivity contribution is 5.95. The zero-order chi connectivity index (χ0) is 41.2. The number of fused-ring (bicyclic) bond motifs is 2. The summed E-state index contributed by atoms with van der Waals surface area (Å²) in [7, 11) is 0. The number of hydrogen-bond acceptors (Lipinski definition) is 3. The number of rotatable bonds is 10.